The second kappa shape index (κ2) is 8.25. The maximum atomic E-state index is 13.6. The Morgan fingerprint density at radius 3 is 2.72 bits per heavy atom. The lowest BCUT2D eigenvalue weighted by Crippen LogP contribution is -2.39. The van der Waals surface area contributed by atoms with Crippen molar-refractivity contribution in [2.24, 2.45) is 0 Å². The van der Waals surface area contributed by atoms with Crippen LogP contribution in [0.5, 0.6) is 0 Å². The van der Waals surface area contributed by atoms with Crippen LogP contribution < -0.4 is 10.3 Å². The van der Waals surface area contributed by atoms with Crippen LogP contribution in [0, 0.1) is 13.8 Å². The Kier molecular flexibility index (Phi) is 5.76. The molecule has 0 aliphatic carbocycles. The number of hydrogen-bond donors (Lipinski definition) is 2. The van der Waals surface area contributed by atoms with Crippen LogP contribution >= 0.6 is 11.6 Å². The van der Waals surface area contributed by atoms with Crippen molar-refractivity contribution in [1.29, 1.82) is 0 Å². The number of H-pyrrole nitrogens is 1. The first-order chi connectivity index (χ1) is 15.0. The van der Waals surface area contributed by atoms with Gasteiger partial charge in [-0.25, -0.2) is 8.42 Å². The van der Waals surface area contributed by atoms with Gasteiger partial charge in [0.15, 0.2) is 0 Å². The van der Waals surface area contributed by atoms with E-state index in [1.165, 1.54) is 22.7 Å². The maximum absolute atomic E-state index is 13.6. The number of likely N-dealkylation sites (tertiary alicyclic amines) is 1. The molecule has 170 valence electrons. The van der Waals surface area contributed by atoms with Gasteiger partial charge in [0.1, 0.15) is 5.65 Å². The SMILES string of the molecule is Cc1[nH]c2cc([C@@H]3CCCCN3C(=O)c3cc(Cl)ccc3NS(C)(=O)=O)nn2c(=O)c1C. The number of halogens is 1. The fourth-order valence-electron chi connectivity index (χ4n) is 4.03. The van der Waals surface area contributed by atoms with Crippen molar-refractivity contribution < 1.29 is 13.2 Å². The minimum Gasteiger partial charge on any atom is -0.343 e. The molecule has 1 aliphatic heterocycles. The predicted octanol–water partition coefficient (Wildman–Crippen LogP) is 3.03. The molecule has 1 atom stereocenters. The molecule has 2 aromatic heterocycles. The van der Waals surface area contributed by atoms with Gasteiger partial charge in [-0.05, 0) is 51.3 Å². The first kappa shape index (κ1) is 22.3. The molecule has 1 amide bonds. The Labute approximate surface area is 190 Å². The molecule has 9 nitrogen and oxygen atoms in total. The summed E-state index contributed by atoms with van der Waals surface area (Å²) in [6.45, 7) is 4.05. The fraction of sp³-hybridized carbons (Fsp3) is 0.381. The van der Waals surface area contributed by atoms with Crippen molar-refractivity contribution in [2.45, 2.75) is 39.2 Å². The number of aryl methyl sites for hydroxylation is 1. The van der Waals surface area contributed by atoms with Gasteiger partial charge in [0.25, 0.3) is 11.5 Å². The first-order valence-corrected chi connectivity index (χ1v) is 12.5. The summed E-state index contributed by atoms with van der Waals surface area (Å²) in [6.07, 6.45) is 3.41. The third-order valence-corrected chi connectivity index (χ3v) is 6.56. The molecule has 0 bridgehead atoms. The quantitative estimate of drug-likeness (QED) is 0.599. The number of benzene rings is 1. The molecule has 1 saturated heterocycles. The van der Waals surface area contributed by atoms with Gasteiger partial charge in [-0.2, -0.15) is 9.61 Å². The average molecular weight is 478 g/mol. The third-order valence-electron chi connectivity index (χ3n) is 5.73. The third kappa shape index (κ3) is 4.24. The summed E-state index contributed by atoms with van der Waals surface area (Å²) in [4.78, 5) is 31.0. The summed E-state index contributed by atoms with van der Waals surface area (Å²) in [7, 11) is -3.59. The molecule has 4 rings (SSSR count). The van der Waals surface area contributed by atoms with Crippen molar-refractivity contribution >= 4 is 38.9 Å². The lowest BCUT2D eigenvalue weighted by molar-refractivity contribution is 0.0607. The zero-order valence-corrected chi connectivity index (χ0v) is 19.5. The highest BCUT2D eigenvalue weighted by molar-refractivity contribution is 7.92. The molecule has 0 radical (unpaired) electrons. The molecule has 2 N–H and O–H groups in total. The summed E-state index contributed by atoms with van der Waals surface area (Å²) in [5.74, 6) is -0.348. The van der Waals surface area contributed by atoms with Crippen molar-refractivity contribution in [2.75, 3.05) is 17.5 Å². The molecule has 0 unspecified atom stereocenters. The Morgan fingerprint density at radius 2 is 2.00 bits per heavy atom. The van der Waals surface area contributed by atoms with Gasteiger partial charge in [-0.1, -0.05) is 11.6 Å². The van der Waals surface area contributed by atoms with Gasteiger partial charge in [0.2, 0.25) is 10.0 Å². The molecule has 32 heavy (non-hydrogen) atoms. The van der Waals surface area contributed by atoms with E-state index in [2.05, 4.69) is 14.8 Å². The lowest BCUT2D eigenvalue weighted by Gasteiger charge is -2.35. The van der Waals surface area contributed by atoms with Gasteiger partial charge >= 0.3 is 0 Å². The first-order valence-electron chi connectivity index (χ1n) is 10.2. The average Bonchev–Trinajstić information content (AvgIpc) is 3.16. The van der Waals surface area contributed by atoms with E-state index in [-0.39, 0.29) is 28.8 Å². The van der Waals surface area contributed by atoms with Crippen LogP contribution in [-0.2, 0) is 10.0 Å². The van der Waals surface area contributed by atoms with Crippen molar-refractivity contribution in [3.8, 4) is 0 Å². The van der Waals surface area contributed by atoms with E-state index in [0.717, 1.165) is 24.8 Å². The van der Waals surface area contributed by atoms with E-state index in [4.69, 9.17) is 11.6 Å². The van der Waals surface area contributed by atoms with Crippen LogP contribution in [0.4, 0.5) is 5.69 Å². The van der Waals surface area contributed by atoms with Gasteiger partial charge in [-0.15, -0.1) is 0 Å². The van der Waals surface area contributed by atoms with Crippen LogP contribution in [0.25, 0.3) is 5.65 Å². The number of nitrogens with zero attached hydrogens (tertiary/aromatic N) is 3. The number of carbonyl (C=O) groups is 1. The molecule has 1 fully saturated rings. The zero-order valence-electron chi connectivity index (χ0n) is 18.0. The summed E-state index contributed by atoms with van der Waals surface area (Å²) in [5, 5.41) is 4.83. The molecular weight excluding hydrogens is 454 g/mol. The van der Waals surface area contributed by atoms with Crippen molar-refractivity contribution in [3.05, 3.63) is 62.2 Å². The predicted molar refractivity (Wildman–Crippen MR) is 123 cm³/mol. The number of fused-ring (bicyclic) bond motifs is 1. The molecule has 3 heterocycles. The second-order valence-electron chi connectivity index (χ2n) is 8.12. The highest BCUT2D eigenvalue weighted by Crippen LogP contribution is 2.33. The van der Waals surface area contributed by atoms with Gasteiger partial charge in [-0.3, -0.25) is 14.3 Å². The number of piperidine rings is 1. The summed E-state index contributed by atoms with van der Waals surface area (Å²) < 4.78 is 27.3. The van der Waals surface area contributed by atoms with E-state index in [1.54, 1.807) is 17.9 Å². The number of rotatable bonds is 4. The standard InChI is InChI=1S/C21H24ClN5O4S/c1-12-13(2)23-19-11-17(24-27(19)20(12)28)18-6-4-5-9-26(18)21(29)15-10-14(22)7-8-16(15)25-32(3,30)31/h7-8,10-11,18,23,25H,4-6,9H2,1-3H3/t18-/m0/s1. The van der Waals surface area contributed by atoms with Gasteiger partial charge in [0, 0.05) is 28.9 Å². The molecular formula is C21H24ClN5O4S. The Hall–Kier alpha value is -2.85. The van der Waals surface area contributed by atoms with Crippen LogP contribution in [0.3, 0.4) is 0 Å². The number of aromatic amines is 1. The van der Waals surface area contributed by atoms with Crippen LogP contribution in [0.2, 0.25) is 5.02 Å². The normalized spacial score (nSPS) is 17.0. The van der Waals surface area contributed by atoms with Crippen LogP contribution in [-0.4, -0.2) is 46.6 Å². The number of nitrogens with one attached hydrogen (secondary N) is 2. The number of hydrogen-bond acceptors (Lipinski definition) is 5. The van der Waals surface area contributed by atoms with Gasteiger partial charge in [0.05, 0.1) is 29.2 Å². The zero-order chi connectivity index (χ0) is 23.2. The Balaban J connectivity index is 1.76. The Morgan fingerprint density at radius 1 is 1.25 bits per heavy atom. The van der Waals surface area contributed by atoms with Crippen molar-refractivity contribution in [1.82, 2.24) is 19.5 Å². The Bertz CT molecular complexity index is 1380. The maximum Gasteiger partial charge on any atom is 0.277 e. The van der Waals surface area contributed by atoms with E-state index in [0.29, 0.717) is 34.9 Å². The lowest BCUT2D eigenvalue weighted by atomic mass is 9.98. The van der Waals surface area contributed by atoms with E-state index < -0.39 is 10.0 Å². The van der Waals surface area contributed by atoms with Crippen LogP contribution in [0.1, 0.15) is 52.6 Å². The largest absolute Gasteiger partial charge is 0.343 e. The molecule has 3 aromatic rings. The summed E-state index contributed by atoms with van der Waals surface area (Å²) >= 11 is 6.12. The molecule has 1 aliphatic rings. The highest BCUT2D eigenvalue weighted by Gasteiger charge is 2.32. The van der Waals surface area contributed by atoms with E-state index in [1.807, 2.05) is 6.92 Å². The van der Waals surface area contributed by atoms with Crippen LogP contribution in [0.15, 0.2) is 29.1 Å². The molecule has 0 saturated carbocycles. The minimum atomic E-state index is -3.59. The number of anilines is 1. The van der Waals surface area contributed by atoms with Gasteiger partial charge < -0.3 is 9.88 Å². The minimum absolute atomic E-state index is 0.168. The van der Waals surface area contributed by atoms with E-state index >= 15 is 0 Å². The fourth-order valence-corrected chi connectivity index (χ4v) is 4.78. The topological polar surface area (TPSA) is 117 Å². The number of carbonyl (C=O) groups excluding carboxylic acids is 1. The summed E-state index contributed by atoms with van der Waals surface area (Å²) in [5.41, 5.74) is 2.65. The van der Waals surface area contributed by atoms with Crippen molar-refractivity contribution in [3.63, 3.8) is 0 Å². The molecule has 11 heteroatoms. The monoisotopic (exact) mass is 477 g/mol. The van der Waals surface area contributed by atoms with E-state index in [9.17, 15) is 18.0 Å². The number of sulfonamides is 1. The second-order valence-corrected chi connectivity index (χ2v) is 10.3. The molecule has 1 aromatic carbocycles. The molecule has 0 spiro atoms. The number of aromatic nitrogens is 3. The summed E-state index contributed by atoms with van der Waals surface area (Å²) in [6, 6.07) is 5.90. The number of amides is 1. The highest BCUT2D eigenvalue weighted by atomic mass is 35.5. The smallest absolute Gasteiger partial charge is 0.277 e.